The first-order chi connectivity index (χ1) is 19.1. The molecule has 0 aromatic heterocycles. The number of benzene rings is 3. The first-order valence-electron chi connectivity index (χ1n) is 13.4. The fourth-order valence-corrected chi connectivity index (χ4v) is 7.09. The van der Waals surface area contributed by atoms with Crippen molar-refractivity contribution in [2.75, 3.05) is 32.7 Å². The second-order valence-corrected chi connectivity index (χ2v) is 12.5. The number of nitrogens with zero attached hydrogens (tertiary/aromatic N) is 2. The molecule has 1 atom stereocenters. The third kappa shape index (κ3) is 5.60. The summed E-state index contributed by atoms with van der Waals surface area (Å²) < 4.78 is 0. The highest BCUT2D eigenvalue weighted by Crippen LogP contribution is 2.42. The number of carbonyl (C=O) groups excluding carboxylic acids is 1. The molecule has 9 heteroatoms. The van der Waals surface area contributed by atoms with Crippen molar-refractivity contribution in [3.8, 4) is 0 Å². The van der Waals surface area contributed by atoms with Gasteiger partial charge in [0, 0.05) is 18.5 Å². The summed E-state index contributed by atoms with van der Waals surface area (Å²) in [5.74, 6) is -0.960. The van der Waals surface area contributed by atoms with Crippen molar-refractivity contribution in [2.24, 2.45) is 0 Å². The Hall–Kier alpha value is -2.28. The van der Waals surface area contributed by atoms with Crippen LogP contribution in [0.1, 0.15) is 47.2 Å². The number of piperidine rings is 1. The molecule has 3 aromatic rings. The lowest BCUT2D eigenvalue weighted by molar-refractivity contribution is -0.146. The van der Waals surface area contributed by atoms with Crippen LogP contribution in [0.2, 0.25) is 20.1 Å². The maximum atomic E-state index is 13.5. The van der Waals surface area contributed by atoms with E-state index in [1.165, 1.54) is 0 Å². The molecule has 2 fully saturated rings. The average molecular weight is 620 g/mol. The Morgan fingerprint density at radius 2 is 1.43 bits per heavy atom. The van der Waals surface area contributed by atoms with Crippen LogP contribution in [-0.2, 0) is 15.6 Å². The highest BCUT2D eigenvalue weighted by molar-refractivity contribution is 6.42. The van der Waals surface area contributed by atoms with E-state index < -0.39 is 11.4 Å². The molecule has 1 N–H and O–H groups in total. The number of aliphatic carboxylic acids is 1. The Balaban J connectivity index is 1.35. The van der Waals surface area contributed by atoms with E-state index in [2.05, 4.69) is 4.90 Å². The second-order valence-electron chi connectivity index (χ2n) is 10.8. The van der Waals surface area contributed by atoms with Crippen LogP contribution < -0.4 is 0 Å². The smallest absolute Gasteiger partial charge is 0.314 e. The molecular formula is C31H30Cl4N2O3. The molecule has 210 valence electrons. The summed E-state index contributed by atoms with van der Waals surface area (Å²) in [6.07, 6.45) is 2.61. The van der Waals surface area contributed by atoms with Crippen molar-refractivity contribution in [2.45, 2.75) is 36.5 Å². The Labute approximate surface area is 254 Å². The quantitative estimate of drug-likeness (QED) is 0.296. The molecule has 0 unspecified atom stereocenters. The molecule has 0 radical (unpaired) electrons. The van der Waals surface area contributed by atoms with E-state index in [1.807, 2.05) is 47.4 Å². The fourth-order valence-electron chi connectivity index (χ4n) is 6.23. The predicted octanol–water partition coefficient (Wildman–Crippen LogP) is 7.59. The van der Waals surface area contributed by atoms with Gasteiger partial charge in [0.1, 0.15) is 0 Å². The minimum atomic E-state index is -0.871. The molecule has 2 aliphatic heterocycles. The van der Waals surface area contributed by atoms with E-state index in [-0.39, 0.29) is 11.3 Å². The van der Waals surface area contributed by atoms with Crippen LogP contribution in [0.3, 0.4) is 0 Å². The van der Waals surface area contributed by atoms with E-state index in [9.17, 15) is 14.7 Å². The van der Waals surface area contributed by atoms with Crippen LogP contribution >= 0.6 is 46.4 Å². The van der Waals surface area contributed by atoms with Crippen LogP contribution in [0.4, 0.5) is 0 Å². The summed E-state index contributed by atoms with van der Waals surface area (Å²) in [5.41, 5.74) is 0.987. The van der Waals surface area contributed by atoms with Gasteiger partial charge in [-0.3, -0.25) is 9.59 Å². The predicted molar refractivity (Wildman–Crippen MR) is 161 cm³/mol. The van der Waals surface area contributed by atoms with Gasteiger partial charge in [-0.05, 0) is 80.7 Å². The summed E-state index contributed by atoms with van der Waals surface area (Å²) in [4.78, 5) is 30.1. The normalized spacial score (nSPS) is 20.9. The van der Waals surface area contributed by atoms with Gasteiger partial charge in [-0.1, -0.05) is 88.9 Å². The van der Waals surface area contributed by atoms with Crippen molar-refractivity contribution in [1.82, 2.24) is 9.80 Å². The number of hydrogen-bond acceptors (Lipinski definition) is 3. The Kier molecular flexibility index (Phi) is 8.70. The first kappa shape index (κ1) is 29.2. The van der Waals surface area contributed by atoms with E-state index in [0.717, 1.165) is 30.5 Å². The van der Waals surface area contributed by atoms with E-state index in [4.69, 9.17) is 46.4 Å². The molecule has 0 spiro atoms. The summed E-state index contributed by atoms with van der Waals surface area (Å²) >= 11 is 25.4. The summed E-state index contributed by atoms with van der Waals surface area (Å²) in [7, 11) is 0. The molecule has 5 nitrogen and oxygen atoms in total. The van der Waals surface area contributed by atoms with Crippen LogP contribution in [0.25, 0.3) is 0 Å². The molecule has 5 rings (SSSR count). The van der Waals surface area contributed by atoms with Gasteiger partial charge >= 0.3 is 5.97 Å². The Bertz CT molecular complexity index is 1390. The SMILES string of the molecule is O=C(c1c(Cl)cccc1Cl)N1CC[C@](CCN2CCC(C(=O)O)(c3ccccc3)CC2)(c2ccc(Cl)c(Cl)c2)C1. The summed E-state index contributed by atoms with van der Waals surface area (Å²) in [6, 6.07) is 20.3. The maximum Gasteiger partial charge on any atom is 0.314 e. The molecule has 3 aromatic carbocycles. The number of carbonyl (C=O) groups is 2. The molecule has 2 heterocycles. The lowest BCUT2D eigenvalue weighted by Gasteiger charge is -2.40. The van der Waals surface area contributed by atoms with E-state index in [0.29, 0.717) is 64.7 Å². The summed E-state index contributed by atoms with van der Waals surface area (Å²) in [6.45, 7) is 3.16. The van der Waals surface area contributed by atoms with Gasteiger partial charge < -0.3 is 14.9 Å². The lowest BCUT2D eigenvalue weighted by Crippen LogP contribution is -2.48. The molecule has 0 saturated carbocycles. The standard InChI is InChI=1S/C31H30Cl4N2O3/c32-23-10-9-22(19-26(23)35)30(12-18-37(20-30)28(38)27-24(33)7-4-8-25(27)34)11-15-36-16-13-31(14-17-36,29(39)40)21-5-2-1-3-6-21/h1-10,19H,11-18,20H2,(H,39,40)/t30-/m0/s1. The topological polar surface area (TPSA) is 60.9 Å². The van der Waals surface area contributed by atoms with Crippen LogP contribution in [0.15, 0.2) is 66.7 Å². The van der Waals surface area contributed by atoms with Crippen molar-refractivity contribution in [3.63, 3.8) is 0 Å². The minimum absolute atomic E-state index is 0.190. The minimum Gasteiger partial charge on any atom is -0.481 e. The molecule has 0 aliphatic carbocycles. The Morgan fingerprint density at radius 3 is 2.05 bits per heavy atom. The van der Waals surface area contributed by atoms with E-state index >= 15 is 0 Å². The van der Waals surface area contributed by atoms with Gasteiger partial charge in [0.05, 0.1) is 31.1 Å². The molecule has 2 aliphatic rings. The van der Waals surface area contributed by atoms with Gasteiger partial charge in [-0.2, -0.15) is 0 Å². The number of hydrogen-bond donors (Lipinski definition) is 1. The average Bonchev–Trinajstić information content (AvgIpc) is 3.39. The number of rotatable bonds is 7. The number of likely N-dealkylation sites (tertiary alicyclic amines) is 2. The van der Waals surface area contributed by atoms with Crippen LogP contribution in [0.5, 0.6) is 0 Å². The maximum absolute atomic E-state index is 13.5. The molecule has 40 heavy (non-hydrogen) atoms. The third-order valence-electron chi connectivity index (χ3n) is 8.70. The number of halogens is 4. The van der Waals surface area contributed by atoms with Gasteiger partial charge in [-0.25, -0.2) is 0 Å². The fraction of sp³-hybridized carbons (Fsp3) is 0.355. The Morgan fingerprint density at radius 1 is 0.750 bits per heavy atom. The highest BCUT2D eigenvalue weighted by Gasteiger charge is 2.45. The second kappa shape index (κ2) is 11.9. The van der Waals surface area contributed by atoms with Crippen molar-refractivity contribution in [3.05, 3.63) is 104 Å². The highest BCUT2D eigenvalue weighted by atomic mass is 35.5. The zero-order valence-corrected chi connectivity index (χ0v) is 24.9. The van der Waals surface area contributed by atoms with Gasteiger partial charge in [0.25, 0.3) is 5.91 Å². The number of carboxylic acid groups (broad SMARTS) is 1. The van der Waals surface area contributed by atoms with Crippen LogP contribution in [-0.4, -0.2) is 59.5 Å². The first-order valence-corrected chi connectivity index (χ1v) is 14.9. The monoisotopic (exact) mass is 618 g/mol. The van der Waals surface area contributed by atoms with E-state index in [1.54, 1.807) is 24.3 Å². The van der Waals surface area contributed by atoms with Crippen molar-refractivity contribution >= 4 is 58.3 Å². The molecular weight excluding hydrogens is 590 g/mol. The van der Waals surface area contributed by atoms with Crippen molar-refractivity contribution in [1.29, 1.82) is 0 Å². The number of amides is 1. The zero-order chi connectivity index (χ0) is 28.5. The van der Waals surface area contributed by atoms with Crippen LogP contribution in [0, 0.1) is 0 Å². The number of carboxylic acids is 1. The van der Waals surface area contributed by atoms with Gasteiger partial charge in [0.15, 0.2) is 0 Å². The molecule has 2 saturated heterocycles. The third-order valence-corrected chi connectivity index (χ3v) is 10.1. The van der Waals surface area contributed by atoms with Gasteiger partial charge in [0.2, 0.25) is 0 Å². The molecule has 0 bridgehead atoms. The lowest BCUT2D eigenvalue weighted by atomic mass is 9.72. The largest absolute Gasteiger partial charge is 0.481 e. The van der Waals surface area contributed by atoms with Crippen molar-refractivity contribution < 1.29 is 14.7 Å². The molecule has 1 amide bonds. The van der Waals surface area contributed by atoms with Gasteiger partial charge in [-0.15, -0.1) is 0 Å². The summed E-state index contributed by atoms with van der Waals surface area (Å²) in [5, 5.41) is 11.8. The zero-order valence-electron chi connectivity index (χ0n) is 21.9.